The molecule has 1 aromatic rings. The van der Waals surface area contributed by atoms with Crippen LogP contribution in [0.15, 0.2) is 0 Å². The maximum atomic E-state index is 11.2. The van der Waals surface area contributed by atoms with Gasteiger partial charge in [0.05, 0.1) is 16.5 Å². The number of rotatable bonds is 6. The monoisotopic (exact) mass is 316 g/mol. The molecular formula is C14H24N2O2S2. The molecule has 1 heterocycles. The van der Waals surface area contributed by atoms with Crippen LogP contribution in [0.3, 0.4) is 0 Å². The first-order chi connectivity index (χ1) is 9.39. The van der Waals surface area contributed by atoms with E-state index in [1.807, 2.05) is 11.3 Å². The van der Waals surface area contributed by atoms with Crippen LogP contribution in [0.1, 0.15) is 54.7 Å². The summed E-state index contributed by atoms with van der Waals surface area (Å²) >= 11 is 1.82. The average Bonchev–Trinajstić information content (AvgIpc) is 2.80. The van der Waals surface area contributed by atoms with Gasteiger partial charge in [-0.3, -0.25) is 0 Å². The molecule has 0 spiro atoms. The Bertz CT molecular complexity index is 552. The predicted molar refractivity (Wildman–Crippen MR) is 84.1 cm³/mol. The van der Waals surface area contributed by atoms with Gasteiger partial charge in [-0.05, 0) is 39.0 Å². The highest BCUT2D eigenvalue weighted by Crippen LogP contribution is 2.34. The van der Waals surface area contributed by atoms with E-state index in [1.54, 1.807) is 0 Å². The summed E-state index contributed by atoms with van der Waals surface area (Å²) in [5, 5.41) is 4.81. The van der Waals surface area contributed by atoms with Crippen LogP contribution in [0.25, 0.3) is 0 Å². The molecule has 114 valence electrons. The highest BCUT2D eigenvalue weighted by molar-refractivity contribution is 7.90. The normalized spacial score (nSPS) is 20.6. The number of nitrogens with one attached hydrogen (secondary N) is 1. The molecule has 1 aromatic heterocycles. The van der Waals surface area contributed by atoms with Crippen LogP contribution in [-0.2, 0) is 22.7 Å². The van der Waals surface area contributed by atoms with Crippen LogP contribution in [0.4, 0.5) is 0 Å². The SMILES string of the molecule is CCc1nc2c(s1)[C@H](N[C@@H](C)CCS(C)(=O)=O)CCC2. The van der Waals surface area contributed by atoms with Crippen LogP contribution in [0.5, 0.6) is 0 Å². The van der Waals surface area contributed by atoms with Crippen molar-refractivity contribution in [2.45, 2.75) is 58.0 Å². The van der Waals surface area contributed by atoms with Gasteiger partial charge >= 0.3 is 0 Å². The zero-order valence-corrected chi connectivity index (χ0v) is 14.1. The van der Waals surface area contributed by atoms with Gasteiger partial charge in [0, 0.05) is 23.2 Å². The Morgan fingerprint density at radius 3 is 2.90 bits per heavy atom. The van der Waals surface area contributed by atoms with Gasteiger partial charge in [0.25, 0.3) is 0 Å². The summed E-state index contributed by atoms with van der Waals surface area (Å²) in [6.07, 6.45) is 6.34. The second-order valence-corrected chi connectivity index (χ2v) is 9.08. The molecule has 0 aromatic carbocycles. The van der Waals surface area contributed by atoms with E-state index < -0.39 is 9.84 Å². The van der Waals surface area contributed by atoms with Crippen molar-refractivity contribution >= 4 is 21.2 Å². The lowest BCUT2D eigenvalue weighted by atomic mass is 9.97. The molecular weight excluding hydrogens is 292 g/mol. The molecule has 4 nitrogen and oxygen atoms in total. The lowest BCUT2D eigenvalue weighted by molar-refractivity contribution is 0.406. The lowest BCUT2D eigenvalue weighted by Crippen LogP contribution is -2.33. The summed E-state index contributed by atoms with van der Waals surface area (Å²) in [6, 6.07) is 0.568. The minimum Gasteiger partial charge on any atom is -0.307 e. The molecule has 0 fully saturated rings. The van der Waals surface area contributed by atoms with Crippen LogP contribution in [0, 0.1) is 0 Å². The molecule has 0 aliphatic heterocycles. The zero-order chi connectivity index (χ0) is 14.8. The number of aromatic nitrogens is 1. The lowest BCUT2D eigenvalue weighted by Gasteiger charge is -2.26. The highest BCUT2D eigenvalue weighted by atomic mass is 32.2. The van der Waals surface area contributed by atoms with E-state index in [2.05, 4.69) is 19.2 Å². The molecule has 0 saturated carbocycles. The first-order valence-electron chi connectivity index (χ1n) is 7.31. The van der Waals surface area contributed by atoms with E-state index in [9.17, 15) is 8.42 Å². The standard InChI is InChI=1S/C14H24N2O2S2/c1-4-13-16-12-7-5-6-11(14(12)19-13)15-10(2)8-9-20(3,17)18/h10-11,15H,4-9H2,1-3H3/t10-,11+/m0/s1. The topological polar surface area (TPSA) is 59.1 Å². The van der Waals surface area contributed by atoms with E-state index in [-0.39, 0.29) is 11.8 Å². The highest BCUT2D eigenvalue weighted by Gasteiger charge is 2.25. The molecule has 20 heavy (non-hydrogen) atoms. The molecule has 6 heteroatoms. The quantitative estimate of drug-likeness (QED) is 0.876. The van der Waals surface area contributed by atoms with Gasteiger partial charge in [-0.25, -0.2) is 13.4 Å². The van der Waals surface area contributed by atoms with Crippen molar-refractivity contribution in [2.75, 3.05) is 12.0 Å². The molecule has 0 saturated heterocycles. The Morgan fingerprint density at radius 2 is 2.25 bits per heavy atom. The van der Waals surface area contributed by atoms with E-state index in [1.165, 1.54) is 21.8 Å². The van der Waals surface area contributed by atoms with Gasteiger partial charge in [0.2, 0.25) is 0 Å². The number of thiazole rings is 1. The van der Waals surface area contributed by atoms with E-state index in [4.69, 9.17) is 4.98 Å². The first kappa shape index (κ1) is 15.9. The minimum absolute atomic E-state index is 0.216. The number of hydrogen-bond acceptors (Lipinski definition) is 5. The van der Waals surface area contributed by atoms with E-state index in [0.717, 1.165) is 25.7 Å². The van der Waals surface area contributed by atoms with Crippen molar-refractivity contribution in [1.82, 2.24) is 10.3 Å². The number of sulfone groups is 1. The van der Waals surface area contributed by atoms with Gasteiger partial charge in [0.1, 0.15) is 9.84 Å². The Hall–Kier alpha value is -0.460. The van der Waals surface area contributed by atoms with Crippen LogP contribution < -0.4 is 5.32 Å². The van der Waals surface area contributed by atoms with Crippen molar-refractivity contribution in [3.63, 3.8) is 0 Å². The molecule has 0 bridgehead atoms. The van der Waals surface area contributed by atoms with Crippen molar-refractivity contribution in [2.24, 2.45) is 0 Å². The molecule has 1 aliphatic carbocycles. The molecule has 2 atom stereocenters. The van der Waals surface area contributed by atoms with Crippen molar-refractivity contribution in [3.8, 4) is 0 Å². The first-order valence-corrected chi connectivity index (χ1v) is 10.2. The third-order valence-corrected chi connectivity index (χ3v) is 6.04. The van der Waals surface area contributed by atoms with Crippen molar-refractivity contribution in [3.05, 3.63) is 15.6 Å². The third-order valence-electron chi connectivity index (χ3n) is 3.70. The summed E-state index contributed by atoms with van der Waals surface area (Å²) < 4.78 is 22.5. The fourth-order valence-corrected chi connectivity index (χ4v) is 4.53. The average molecular weight is 316 g/mol. The Balaban J connectivity index is 1.99. The molecule has 0 unspecified atom stereocenters. The Morgan fingerprint density at radius 1 is 1.50 bits per heavy atom. The molecule has 1 aliphatic rings. The molecule has 0 amide bonds. The summed E-state index contributed by atoms with van der Waals surface area (Å²) in [7, 11) is -2.87. The smallest absolute Gasteiger partial charge is 0.147 e. The number of fused-ring (bicyclic) bond motifs is 1. The fraction of sp³-hybridized carbons (Fsp3) is 0.786. The van der Waals surface area contributed by atoms with Crippen molar-refractivity contribution in [1.29, 1.82) is 0 Å². The predicted octanol–water partition coefficient (Wildman–Crippen LogP) is 2.50. The molecule has 0 radical (unpaired) electrons. The Labute approximate surface area is 125 Å². The second-order valence-electron chi connectivity index (χ2n) is 5.70. The number of hydrogen-bond donors (Lipinski definition) is 1. The minimum atomic E-state index is -2.87. The van der Waals surface area contributed by atoms with Crippen LogP contribution in [0.2, 0.25) is 0 Å². The van der Waals surface area contributed by atoms with Gasteiger partial charge in [0.15, 0.2) is 0 Å². The van der Waals surface area contributed by atoms with Crippen LogP contribution >= 0.6 is 11.3 Å². The van der Waals surface area contributed by atoms with Gasteiger partial charge < -0.3 is 5.32 Å². The largest absolute Gasteiger partial charge is 0.307 e. The number of aryl methyl sites for hydroxylation is 2. The maximum Gasteiger partial charge on any atom is 0.147 e. The summed E-state index contributed by atoms with van der Waals surface area (Å²) in [4.78, 5) is 6.07. The second kappa shape index (κ2) is 6.54. The van der Waals surface area contributed by atoms with Gasteiger partial charge in [-0.15, -0.1) is 11.3 Å². The zero-order valence-electron chi connectivity index (χ0n) is 12.5. The molecule has 2 rings (SSSR count). The summed E-state index contributed by atoms with van der Waals surface area (Å²) in [6.45, 7) is 4.21. The van der Waals surface area contributed by atoms with Crippen molar-refractivity contribution < 1.29 is 8.42 Å². The summed E-state index contributed by atoms with van der Waals surface area (Å²) in [5.41, 5.74) is 1.26. The molecule has 1 N–H and O–H groups in total. The summed E-state index contributed by atoms with van der Waals surface area (Å²) in [5.74, 6) is 0.254. The Kier molecular flexibility index (Phi) is 5.20. The van der Waals surface area contributed by atoms with E-state index in [0.29, 0.717) is 12.5 Å². The van der Waals surface area contributed by atoms with Crippen LogP contribution in [-0.4, -0.2) is 31.5 Å². The third kappa shape index (κ3) is 4.27. The van der Waals surface area contributed by atoms with Gasteiger partial charge in [-0.2, -0.15) is 0 Å². The number of nitrogens with zero attached hydrogens (tertiary/aromatic N) is 1. The van der Waals surface area contributed by atoms with E-state index >= 15 is 0 Å². The maximum absolute atomic E-state index is 11.2. The van der Waals surface area contributed by atoms with Gasteiger partial charge in [-0.1, -0.05) is 6.92 Å². The fourth-order valence-electron chi connectivity index (χ4n) is 2.60.